The van der Waals surface area contributed by atoms with Crippen molar-refractivity contribution in [1.82, 2.24) is 20.0 Å². The van der Waals surface area contributed by atoms with Crippen molar-refractivity contribution in [1.29, 1.82) is 0 Å². The molecule has 0 radical (unpaired) electrons. The van der Waals surface area contributed by atoms with Crippen molar-refractivity contribution >= 4 is 6.03 Å². The average Bonchev–Trinajstić information content (AvgIpc) is 3.04. The van der Waals surface area contributed by atoms with E-state index in [9.17, 15) is 4.79 Å². The number of nitrogens with zero attached hydrogens (tertiary/aromatic N) is 3. The van der Waals surface area contributed by atoms with Gasteiger partial charge in [-0.1, -0.05) is 19.8 Å². The van der Waals surface area contributed by atoms with Gasteiger partial charge >= 0.3 is 6.03 Å². The predicted octanol–water partition coefficient (Wildman–Crippen LogP) is 2.12. The first-order chi connectivity index (χ1) is 10.7. The Labute approximate surface area is 132 Å². The topological polar surface area (TPSA) is 59.4 Å². The lowest BCUT2D eigenvalue weighted by Crippen LogP contribution is -2.41. The minimum Gasteiger partial charge on any atom is -0.376 e. The molecule has 0 aromatic carbocycles. The largest absolute Gasteiger partial charge is 0.376 e. The van der Waals surface area contributed by atoms with Gasteiger partial charge in [0.1, 0.15) is 0 Å². The van der Waals surface area contributed by atoms with Crippen molar-refractivity contribution in [3.8, 4) is 0 Å². The average molecular weight is 308 g/mol. The monoisotopic (exact) mass is 308 g/mol. The molecule has 0 unspecified atom stereocenters. The molecule has 0 aliphatic heterocycles. The highest BCUT2D eigenvalue weighted by molar-refractivity contribution is 5.73. The van der Waals surface area contributed by atoms with Gasteiger partial charge in [0, 0.05) is 32.5 Å². The number of urea groups is 1. The van der Waals surface area contributed by atoms with Crippen LogP contribution in [-0.2, 0) is 11.3 Å². The van der Waals surface area contributed by atoms with Crippen LogP contribution in [-0.4, -0.2) is 53.6 Å². The summed E-state index contributed by atoms with van der Waals surface area (Å²) in [6.07, 6.45) is 8.99. The number of hydrogen-bond acceptors (Lipinski definition) is 3. The molecule has 1 aromatic rings. The van der Waals surface area contributed by atoms with E-state index in [0.717, 1.165) is 6.42 Å². The lowest BCUT2D eigenvalue weighted by atomic mass is 9.88. The van der Waals surface area contributed by atoms with Gasteiger partial charge in [0.25, 0.3) is 0 Å². The van der Waals surface area contributed by atoms with E-state index in [4.69, 9.17) is 4.74 Å². The Balaban J connectivity index is 1.56. The van der Waals surface area contributed by atoms with Gasteiger partial charge in [0.15, 0.2) is 0 Å². The Morgan fingerprint density at radius 1 is 1.45 bits per heavy atom. The molecule has 22 heavy (non-hydrogen) atoms. The van der Waals surface area contributed by atoms with Gasteiger partial charge in [-0.2, -0.15) is 5.10 Å². The molecule has 0 spiro atoms. The van der Waals surface area contributed by atoms with Gasteiger partial charge in [0.05, 0.1) is 19.3 Å². The van der Waals surface area contributed by atoms with E-state index in [1.165, 1.54) is 19.3 Å². The van der Waals surface area contributed by atoms with Crippen LogP contribution in [0.2, 0.25) is 0 Å². The highest BCUT2D eigenvalue weighted by Gasteiger charge is 2.21. The first-order valence-corrected chi connectivity index (χ1v) is 8.25. The molecule has 2 amide bonds. The first-order valence-electron chi connectivity index (χ1n) is 8.25. The number of ether oxygens (including phenoxy) is 1. The number of carbonyl (C=O) groups is 1. The molecule has 124 valence electrons. The molecule has 6 heteroatoms. The zero-order valence-corrected chi connectivity index (χ0v) is 13.7. The smallest absolute Gasteiger partial charge is 0.317 e. The summed E-state index contributed by atoms with van der Waals surface area (Å²) < 4.78 is 7.71. The second-order valence-corrected chi connectivity index (χ2v) is 6.09. The van der Waals surface area contributed by atoms with Crippen LogP contribution in [0.1, 0.15) is 32.6 Å². The summed E-state index contributed by atoms with van der Waals surface area (Å²) in [6, 6.07) is 1.82. The van der Waals surface area contributed by atoms with Crippen molar-refractivity contribution < 1.29 is 9.53 Å². The van der Waals surface area contributed by atoms with E-state index in [-0.39, 0.29) is 6.03 Å². The predicted molar refractivity (Wildman–Crippen MR) is 85.6 cm³/mol. The van der Waals surface area contributed by atoms with Crippen LogP contribution < -0.4 is 5.32 Å². The van der Waals surface area contributed by atoms with Gasteiger partial charge in [-0.25, -0.2) is 4.79 Å². The number of nitrogens with one attached hydrogen (secondary N) is 1. The standard InChI is InChI=1S/C16H28N4O2/c1-14-6-3-4-7-15(14)22-13-9-17-16(21)19(2)11-12-20-10-5-8-18-20/h5,8,10,14-15H,3-4,6-7,9,11-13H2,1-2H3,(H,17,21)/t14-,15+/m1/s1. The maximum absolute atomic E-state index is 11.9. The second kappa shape index (κ2) is 8.78. The van der Waals surface area contributed by atoms with Crippen LogP contribution in [0.15, 0.2) is 18.5 Å². The highest BCUT2D eigenvalue weighted by Crippen LogP contribution is 2.25. The van der Waals surface area contributed by atoms with Gasteiger partial charge in [0.2, 0.25) is 0 Å². The normalized spacial score (nSPS) is 21.5. The molecule has 2 rings (SSSR count). The van der Waals surface area contributed by atoms with Crippen LogP contribution in [0, 0.1) is 5.92 Å². The summed E-state index contributed by atoms with van der Waals surface area (Å²) in [6.45, 7) is 4.74. The Hall–Kier alpha value is -1.56. The van der Waals surface area contributed by atoms with Crippen molar-refractivity contribution in [2.75, 3.05) is 26.7 Å². The van der Waals surface area contributed by atoms with E-state index >= 15 is 0 Å². The number of rotatable bonds is 7. The summed E-state index contributed by atoms with van der Waals surface area (Å²) >= 11 is 0. The van der Waals surface area contributed by atoms with Crippen LogP contribution in [0.3, 0.4) is 0 Å². The van der Waals surface area contributed by atoms with Gasteiger partial charge in [-0.15, -0.1) is 0 Å². The van der Waals surface area contributed by atoms with E-state index in [2.05, 4.69) is 17.3 Å². The molecule has 0 bridgehead atoms. The number of amides is 2. The number of likely N-dealkylation sites (N-methyl/N-ethyl adjacent to an activating group) is 1. The molecule has 0 saturated heterocycles. The fourth-order valence-electron chi connectivity index (χ4n) is 2.82. The van der Waals surface area contributed by atoms with Crippen LogP contribution in [0.25, 0.3) is 0 Å². The molecular weight excluding hydrogens is 280 g/mol. The lowest BCUT2D eigenvalue weighted by Gasteiger charge is -2.28. The first kappa shape index (κ1) is 16.8. The number of carbonyl (C=O) groups excluding carboxylic acids is 1. The summed E-state index contributed by atoms with van der Waals surface area (Å²) in [5.74, 6) is 0.640. The van der Waals surface area contributed by atoms with E-state index in [0.29, 0.717) is 38.3 Å². The molecule has 1 aliphatic carbocycles. The van der Waals surface area contributed by atoms with Crippen LogP contribution in [0.4, 0.5) is 4.79 Å². The molecule has 1 heterocycles. The third kappa shape index (κ3) is 5.33. The molecule has 1 aromatic heterocycles. The Bertz CT molecular complexity index is 435. The van der Waals surface area contributed by atoms with E-state index < -0.39 is 0 Å². The molecule has 6 nitrogen and oxygen atoms in total. The minimum absolute atomic E-state index is 0.0625. The highest BCUT2D eigenvalue weighted by atomic mass is 16.5. The molecule has 2 atom stereocenters. The Morgan fingerprint density at radius 3 is 3.00 bits per heavy atom. The van der Waals surface area contributed by atoms with Gasteiger partial charge < -0.3 is 15.0 Å². The maximum Gasteiger partial charge on any atom is 0.317 e. The van der Waals surface area contributed by atoms with Crippen molar-refractivity contribution in [3.05, 3.63) is 18.5 Å². The van der Waals surface area contributed by atoms with Crippen molar-refractivity contribution in [3.63, 3.8) is 0 Å². The minimum atomic E-state index is -0.0625. The molecule has 1 aliphatic rings. The number of aromatic nitrogens is 2. The third-order valence-corrected chi connectivity index (χ3v) is 4.31. The molecule has 1 saturated carbocycles. The summed E-state index contributed by atoms with van der Waals surface area (Å²) in [5, 5.41) is 7.02. The van der Waals surface area contributed by atoms with Crippen molar-refractivity contribution in [2.24, 2.45) is 5.92 Å². The maximum atomic E-state index is 11.9. The fraction of sp³-hybridized carbons (Fsp3) is 0.750. The van der Waals surface area contributed by atoms with E-state index in [1.54, 1.807) is 18.1 Å². The second-order valence-electron chi connectivity index (χ2n) is 6.09. The van der Waals surface area contributed by atoms with Gasteiger partial charge in [-0.05, 0) is 24.8 Å². The quantitative estimate of drug-likeness (QED) is 0.785. The Kier molecular flexibility index (Phi) is 6.71. The fourth-order valence-corrected chi connectivity index (χ4v) is 2.82. The zero-order valence-electron chi connectivity index (χ0n) is 13.7. The van der Waals surface area contributed by atoms with Crippen LogP contribution >= 0.6 is 0 Å². The zero-order chi connectivity index (χ0) is 15.8. The van der Waals surface area contributed by atoms with Gasteiger partial charge in [-0.3, -0.25) is 4.68 Å². The van der Waals surface area contributed by atoms with Crippen LogP contribution in [0.5, 0.6) is 0 Å². The Morgan fingerprint density at radius 2 is 2.27 bits per heavy atom. The molecular formula is C16H28N4O2. The summed E-state index contributed by atoms with van der Waals surface area (Å²) in [4.78, 5) is 13.6. The SMILES string of the molecule is C[C@@H]1CCCC[C@@H]1OCCNC(=O)N(C)CCn1cccn1. The lowest BCUT2D eigenvalue weighted by molar-refractivity contribution is -0.00266. The van der Waals surface area contributed by atoms with Crippen molar-refractivity contribution in [2.45, 2.75) is 45.3 Å². The third-order valence-electron chi connectivity index (χ3n) is 4.31. The summed E-state index contributed by atoms with van der Waals surface area (Å²) in [7, 11) is 1.79. The van der Waals surface area contributed by atoms with E-state index in [1.807, 2.05) is 16.9 Å². The molecule has 1 fully saturated rings. The summed E-state index contributed by atoms with van der Waals surface area (Å²) in [5.41, 5.74) is 0. The number of hydrogen-bond donors (Lipinski definition) is 1. The molecule has 1 N–H and O–H groups in total.